The molecular formula is C17H19F3N2S. The predicted molar refractivity (Wildman–Crippen MR) is 85.5 cm³/mol. The van der Waals surface area contributed by atoms with E-state index in [2.05, 4.69) is 9.88 Å². The molecule has 0 amide bonds. The summed E-state index contributed by atoms with van der Waals surface area (Å²) in [5, 5.41) is 1.03. The molecule has 1 aromatic carbocycles. The summed E-state index contributed by atoms with van der Waals surface area (Å²) in [6, 6.07) is 4.50. The molecule has 0 bridgehead atoms. The van der Waals surface area contributed by atoms with Crippen LogP contribution < -0.4 is 0 Å². The second kappa shape index (κ2) is 6.24. The standard InChI is InChI=1S/C17H19F3N2S/c1-3-12-5-4-6-14(17(18,19)20)13(12)9-22-8-7-15-16(10-22)23-11(2)21-15/h4-6H,3,7-10H2,1-2H3. The molecule has 124 valence electrons. The van der Waals surface area contributed by atoms with Gasteiger partial charge in [-0.05, 0) is 30.5 Å². The van der Waals surface area contributed by atoms with E-state index < -0.39 is 11.7 Å². The topological polar surface area (TPSA) is 16.1 Å². The first kappa shape index (κ1) is 16.5. The molecule has 1 aliphatic heterocycles. The average Bonchev–Trinajstić information content (AvgIpc) is 2.85. The highest BCUT2D eigenvalue weighted by atomic mass is 32.1. The van der Waals surface area contributed by atoms with E-state index in [0.29, 0.717) is 25.1 Å². The van der Waals surface area contributed by atoms with Crippen LogP contribution in [0.3, 0.4) is 0 Å². The van der Waals surface area contributed by atoms with Gasteiger partial charge in [0.2, 0.25) is 0 Å². The van der Waals surface area contributed by atoms with Gasteiger partial charge in [-0.15, -0.1) is 11.3 Å². The van der Waals surface area contributed by atoms with Crippen LogP contribution in [0.4, 0.5) is 13.2 Å². The zero-order valence-corrected chi connectivity index (χ0v) is 14.0. The van der Waals surface area contributed by atoms with Gasteiger partial charge in [0.1, 0.15) is 0 Å². The van der Waals surface area contributed by atoms with E-state index in [4.69, 9.17) is 0 Å². The molecule has 0 radical (unpaired) electrons. The maximum atomic E-state index is 13.3. The van der Waals surface area contributed by atoms with Gasteiger partial charge in [0.15, 0.2) is 0 Å². The third-order valence-electron chi connectivity index (χ3n) is 4.26. The van der Waals surface area contributed by atoms with Crippen LogP contribution in [0, 0.1) is 6.92 Å². The number of aromatic nitrogens is 1. The minimum absolute atomic E-state index is 0.343. The lowest BCUT2D eigenvalue weighted by atomic mass is 9.97. The fourth-order valence-corrected chi connectivity index (χ4v) is 4.18. The molecule has 0 fully saturated rings. The minimum Gasteiger partial charge on any atom is -0.294 e. The van der Waals surface area contributed by atoms with Crippen LogP contribution in [0.5, 0.6) is 0 Å². The van der Waals surface area contributed by atoms with Crippen molar-refractivity contribution in [2.24, 2.45) is 0 Å². The number of hydrogen-bond donors (Lipinski definition) is 0. The van der Waals surface area contributed by atoms with E-state index in [1.54, 1.807) is 17.4 Å². The Morgan fingerprint density at radius 2 is 2.09 bits per heavy atom. The number of hydrogen-bond acceptors (Lipinski definition) is 3. The first-order valence-corrected chi connectivity index (χ1v) is 8.55. The van der Waals surface area contributed by atoms with Gasteiger partial charge >= 0.3 is 6.18 Å². The van der Waals surface area contributed by atoms with Crippen molar-refractivity contribution in [3.05, 3.63) is 50.5 Å². The van der Waals surface area contributed by atoms with Crippen molar-refractivity contribution in [3.63, 3.8) is 0 Å². The normalized spacial score (nSPS) is 15.7. The Bertz CT molecular complexity index is 706. The Hall–Kier alpha value is -1.40. The van der Waals surface area contributed by atoms with Crippen molar-refractivity contribution in [1.29, 1.82) is 0 Å². The first-order valence-electron chi connectivity index (χ1n) is 7.74. The van der Waals surface area contributed by atoms with Gasteiger partial charge in [0.05, 0.1) is 16.3 Å². The van der Waals surface area contributed by atoms with E-state index in [9.17, 15) is 13.2 Å². The highest BCUT2D eigenvalue weighted by molar-refractivity contribution is 7.11. The molecule has 0 spiro atoms. The van der Waals surface area contributed by atoms with Crippen LogP contribution in [0.15, 0.2) is 18.2 Å². The summed E-state index contributed by atoms with van der Waals surface area (Å²) in [6.45, 7) is 5.66. The molecule has 0 atom stereocenters. The SMILES string of the molecule is CCc1cccc(C(F)(F)F)c1CN1CCc2nc(C)sc2C1. The van der Waals surface area contributed by atoms with Gasteiger partial charge in [0.25, 0.3) is 0 Å². The summed E-state index contributed by atoms with van der Waals surface area (Å²) < 4.78 is 40.0. The van der Waals surface area contributed by atoms with E-state index >= 15 is 0 Å². The number of halogens is 3. The molecule has 0 unspecified atom stereocenters. The zero-order valence-electron chi connectivity index (χ0n) is 13.2. The van der Waals surface area contributed by atoms with Crippen LogP contribution >= 0.6 is 11.3 Å². The van der Waals surface area contributed by atoms with Crippen LogP contribution in [-0.4, -0.2) is 16.4 Å². The molecular weight excluding hydrogens is 321 g/mol. The van der Waals surface area contributed by atoms with E-state index in [1.807, 2.05) is 13.8 Å². The third-order valence-corrected chi connectivity index (χ3v) is 5.26. The number of alkyl halides is 3. The van der Waals surface area contributed by atoms with Gasteiger partial charge in [-0.3, -0.25) is 4.90 Å². The van der Waals surface area contributed by atoms with Crippen molar-refractivity contribution < 1.29 is 13.2 Å². The summed E-state index contributed by atoms with van der Waals surface area (Å²) in [5.74, 6) is 0. The third kappa shape index (κ3) is 3.43. The van der Waals surface area contributed by atoms with Crippen LogP contribution in [-0.2, 0) is 32.1 Å². The molecule has 2 heterocycles. The fourth-order valence-electron chi connectivity index (χ4n) is 3.15. The molecule has 1 aromatic heterocycles. The molecule has 3 rings (SSSR count). The number of nitrogens with zero attached hydrogens (tertiary/aromatic N) is 2. The van der Waals surface area contributed by atoms with E-state index in [1.165, 1.54) is 17.0 Å². The highest BCUT2D eigenvalue weighted by Gasteiger charge is 2.34. The Balaban J connectivity index is 1.88. The monoisotopic (exact) mass is 340 g/mol. The van der Waals surface area contributed by atoms with Gasteiger partial charge < -0.3 is 0 Å². The number of aryl methyl sites for hydroxylation is 2. The van der Waals surface area contributed by atoms with Gasteiger partial charge in [0, 0.05) is 30.9 Å². The molecule has 2 aromatic rings. The maximum Gasteiger partial charge on any atom is 0.416 e. The van der Waals surface area contributed by atoms with Gasteiger partial charge in [-0.1, -0.05) is 19.1 Å². The quantitative estimate of drug-likeness (QED) is 0.812. The molecule has 6 heteroatoms. The number of benzene rings is 1. The summed E-state index contributed by atoms with van der Waals surface area (Å²) in [5.41, 5.74) is 1.82. The second-order valence-corrected chi connectivity index (χ2v) is 7.15. The predicted octanol–water partition coefficient (Wildman–Crippen LogP) is 4.59. The summed E-state index contributed by atoms with van der Waals surface area (Å²) in [6.07, 6.45) is -2.88. The van der Waals surface area contributed by atoms with Crippen molar-refractivity contribution in [2.45, 2.75) is 46.0 Å². The van der Waals surface area contributed by atoms with Crippen molar-refractivity contribution in [2.75, 3.05) is 6.54 Å². The zero-order chi connectivity index (χ0) is 16.6. The van der Waals surface area contributed by atoms with Crippen molar-refractivity contribution >= 4 is 11.3 Å². The first-order chi connectivity index (χ1) is 10.9. The van der Waals surface area contributed by atoms with Gasteiger partial charge in [-0.25, -0.2) is 4.98 Å². The van der Waals surface area contributed by atoms with Gasteiger partial charge in [-0.2, -0.15) is 13.2 Å². The largest absolute Gasteiger partial charge is 0.416 e. The fraction of sp³-hybridized carbons (Fsp3) is 0.471. The molecule has 2 nitrogen and oxygen atoms in total. The van der Waals surface area contributed by atoms with Crippen LogP contribution in [0.1, 0.15) is 39.2 Å². The van der Waals surface area contributed by atoms with E-state index in [0.717, 1.165) is 29.2 Å². The summed E-state index contributed by atoms with van der Waals surface area (Å²) >= 11 is 1.65. The molecule has 0 saturated heterocycles. The Kier molecular flexibility index (Phi) is 4.47. The molecule has 0 N–H and O–H groups in total. The number of fused-ring (bicyclic) bond motifs is 1. The molecule has 0 aliphatic carbocycles. The minimum atomic E-state index is -4.30. The number of thiazole rings is 1. The highest BCUT2D eigenvalue weighted by Crippen LogP contribution is 2.35. The van der Waals surface area contributed by atoms with E-state index in [-0.39, 0.29) is 0 Å². The Labute approximate surface area is 138 Å². The smallest absolute Gasteiger partial charge is 0.294 e. The Morgan fingerprint density at radius 3 is 2.78 bits per heavy atom. The lowest BCUT2D eigenvalue weighted by molar-refractivity contribution is -0.138. The summed E-state index contributed by atoms with van der Waals surface area (Å²) in [4.78, 5) is 7.79. The molecule has 0 saturated carbocycles. The van der Waals surface area contributed by atoms with Crippen molar-refractivity contribution in [3.8, 4) is 0 Å². The maximum absolute atomic E-state index is 13.3. The lowest BCUT2D eigenvalue weighted by Crippen LogP contribution is -2.30. The number of rotatable bonds is 3. The van der Waals surface area contributed by atoms with Crippen LogP contribution in [0.25, 0.3) is 0 Å². The van der Waals surface area contributed by atoms with Crippen molar-refractivity contribution in [1.82, 2.24) is 9.88 Å². The Morgan fingerprint density at radius 1 is 1.30 bits per heavy atom. The average molecular weight is 340 g/mol. The molecule has 1 aliphatic rings. The summed E-state index contributed by atoms with van der Waals surface area (Å²) in [7, 11) is 0. The second-order valence-electron chi connectivity index (χ2n) is 5.86. The lowest BCUT2D eigenvalue weighted by Gasteiger charge is -2.28. The van der Waals surface area contributed by atoms with Crippen LogP contribution in [0.2, 0.25) is 0 Å². The molecule has 23 heavy (non-hydrogen) atoms.